The van der Waals surface area contributed by atoms with Crippen LogP contribution in [0.15, 0.2) is 97.2 Å². The van der Waals surface area contributed by atoms with Gasteiger partial charge >= 0.3 is 0 Å². The number of ether oxygens (including phenoxy) is 1. The number of Topliss-reactive ketones (excluding diaryl/α,β-unsaturated/α-hetero) is 2. The molecular formula is C68H78F3N9O12. The number of aliphatic hydroxyl groups is 1. The van der Waals surface area contributed by atoms with Crippen molar-refractivity contribution in [3.8, 4) is 5.75 Å². The Morgan fingerprint density at radius 2 is 1.50 bits per heavy atom. The molecule has 488 valence electrons. The third-order valence-electron chi connectivity index (χ3n) is 18.2. The highest BCUT2D eigenvalue weighted by Gasteiger charge is 2.49. The Bertz CT molecular complexity index is 3670. The second-order valence-corrected chi connectivity index (χ2v) is 24.8. The predicted molar refractivity (Wildman–Crippen MR) is 333 cm³/mol. The molecule has 2 bridgehead atoms. The van der Waals surface area contributed by atoms with Crippen LogP contribution in [0.2, 0.25) is 0 Å². The monoisotopic (exact) mass is 1270 g/mol. The van der Waals surface area contributed by atoms with E-state index in [4.69, 9.17) is 10.5 Å². The van der Waals surface area contributed by atoms with Gasteiger partial charge in [0.05, 0.1) is 31.3 Å². The summed E-state index contributed by atoms with van der Waals surface area (Å²) in [6.45, 7) is 3.79. The summed E-state index contributed by atoms with van der Waals surface area (Å²) in [7, 11) is 1.47. The number of nitrogens with two attached hydrogens (primary N) is 1. The summed E-state index contributed by atoms with van der Waals surface area (Å²) in [4.78, 5) is 149. The van der Waals surface area contributed by atoms with Gasteiger partial charge in [-0.1, -0.05) is 36.4 Å². The van der Waals surface area contributed by atoms with Crippen molar-refractivity contribution >= 4 is 75.3 Å². The van der Waals surface area contributed by atoms with Crippen molar-refractivity contribution in [3.05, 3.63) is 142 Å². The van der Waals surface area contributed by atoms with Crippen LogP contribution in [0.3, 0.4) is 0 Å². The zero-order valence-corrected chi connectivity index (χ0v) is 51.8. The predicted octanol–water partition coefficient (Wildman–Crippen LogP) is 4.72. The summed E-state index contributed by atoms with van der Waals surface area (Å²) in [5, 5.41) is 25.2. The van der Waals surface area contributed by atoms with E-state index in [0.717, 1.165) is 4.90 Å². The Balaban J connectivity index is 1.05. The van der Waals surface area contributed by atoms with Gasteiger partial charge in [0.15, 0.2) is 11.6 Å². The smallest absolute Gasteiger partial charge is 0.251 e. The van der Waals surface area contributed by atoms with Crippen molar-refractivity contribution in [2.75, 3.05) is 26.7 Å². The topological polar surface area (TPSA) is 309 Å². The maximum Gasteiger partial charge on any atom is 0.251 e. The number of nitrogens with one attached hydrogen (secondary N) is 6. The van der Waals surface area contributed by atoms with Gasteiger partial charge in [-0.15, -0.1) is 0 Å². The zero-order chi connectivity index (χ0) is 66.1. The number of aromatic amines is 1. The SMILES string of the molecule is COc1ccc(C[C@@H]2NC(=O)[C@H]([C@@H](C)O)NC(=O)[C@@H]3C[C@H](F)CN3C(=O)[C@H](CC3=CCc4ccc(F)cc43)NC(=O)[C@H](Cc3c[nH]c4ccc(F)cc34)CC(=O)[C@@H](C)NC(=O)CCCCNC(=O)c3ccc(cc3)C[C@@H](C(N)=O)CC(=O)[C@]3(C)CCCN3C2=O)cc1. The number of aliphatic hydroxyl groups excluding tert-OH is 1. The maximum absolute atomic E-state index is 16.0. The lowest BCUT2D eigenvalue weighted by atomic mass is 9.84. The molecule has 10 atom stereocenters. The number of methoxy groups -OCH3 is 1. The van der Waals surface area contributed by atoms with E-state index in [1.807, 2.05) is 0 Å². The molecule has 4 aliphatic heterocycles. The number of carbonyl (C=O) groups is 10. The molecule has 5 aromatic rings. The summed E-state index contributed by atoms with van der Waals surface area (Å²) in [6.07, 6.45) is -0.877. The van der Waals surface area contributed by atoms with E-state index in [2.05, 4.69) is 31.6 Å². The Kier molecular flexibility index (Phi) is 21.5. The highest BCUT2D eigenvalue weighted by molar-refractivity contribution is 6.01. The summed E-state index contributed by atoms with van der Waals surface area (Å²) < 4.78 is 51.1. The van der Waals surface area contributed by atoms with Crippen molar-refractivity contribution < 1.29 is 71.0 Å². The van der Waals surface area contributed by atoms with Gasteiger partial charge in [0.25, 0.3) is 5.91 Å². The Labute approximate surface area is 530 Å². The number of benzene rings is 4. The van der Waals surface area contributed by atoms with E-state index in [1.165, 1.54) is 56.2 Å². The molecule has 0 unspecified atom stereocenters. The second-order valence-electron chi connectivity index (χ2n) is 24.8. The minimum Gasteiger partial charge on any atom is -0.497 e. The van der Waals surface area contributed by atoms with Crippen molar-refractivity contribution in [1.29, 1.82) is 0 Å². The number of H-pyrrole nitrogens is 1. The van der Waals surface area contributed by atoms with E-state index in [-0.39, 0.29) is 58.0 Å². The number of fused-ring (bicyclic) bond motifs is 28. The molecule has 21 nitrogen and oxygen atoms in total. The molecule has 2 saturated heterocycles. The average Bonchev–Trinajstić information content (AvgIpc) is 1.59. The minimum atomic E-state index is -1.85. The number of allylic oxidation sites excluding steroid dienone is 1. The van der Waals surface area contributed by atoms with Gasteiger partial charge in [-0.25, -0.2) is 13.2 Å². The first kappa shape index (κ1) is 67.2. The number of hydrogen-bond acceptors (Lipinski definition) is 12. The number of halogens is 3. The standard InChI is InChI=1S/C68H78F3N9O12/c1-37-57(82)30-45(28-46-35-74-53-22-19-48(70)33-52(46)53)63(87)76-55(29-43-16-15-41-17-18-47(69)32-51(41)43)66(90)79-36-49(71)34-56(79)64(88)78-60(38(2)81)65(89)77-54(27-40-11-20-50(92-4)21-12-40)67(91)80-25-7-23-68(80,3)58(83)31-44(61(72)85)26-39-9-13-42(14-10-39)62(86)73-24-6-5-8-59(84)75-37/h9-14,16-22,32-33,35,37-38,44-45,49,54-56,60,74,81H,5-8,15,23-31,34,36H2,1-4H3,(H2,72,85)(H,73,86)(H,75,84)(H,76,87)(H,77,89)(H,78,88)/t37-,38-,44-,45-,49+,54+,55+,56+,60+,68+/m1/s1. The van der Waals surface area contributed by atoms with Crippen LogP contribution in [0.5, 0.6) is 5.75 Å². The molecule has 10 rings (SSSR count). The Hall–Kier alpha value is -9.19. The molecule has 0 saturated carbocycles. The molecular weight excluding hydrogens is 1190 g/mol. The lowest BCUT2D eigenvalue weighted by molar-refractivity contribution is -0.147. The van der Waals surface area contributed by atoms with Crippen LogP contribution in [-0.2, 0) is 68.8 Å². The first-order valence-electron chi connectivity index (χ1n) is 31.1. The summed E-state index contributed by atoms with van der Waals surface area (Å²) in [5.74, 6) is -10.5. The number of hydrogen-bond donors (Lipinski definition) is 8. The van der Waals surface area contributed by atoms with Crippen molar-refractivity contribution in [1.82, 2.24) is 41.4 Å². The second kappa shape index (κ2) is 29.4. The van der Waals surface area contributed by atoms with Gasteiger partial charge < -0.3 is 56.9 Å². The van der Waals surface area contributed by atoms with Gasteiger partial charge in [0.2, 0.25) is 41.4 Å². The van der Waals surface area contributed by atoms with E-state index in [0.29, 0.717) is 81.3 Å². The molecule has 8 amide bonds. The van der Waals surface area contributed by atoms with E-state index in [9.17, 15) is 47.4 Å². The van der Waals surface area contributed by atoms with Crippen molar-refractivity contribution in [2.45, 2.75) is 152 Å². The largest absolute Gasteiger partial charge is 0.497 e. The number of alkyl halides is 1. The maximum atomic E-state index is 16.0. The molecule has 0 spiro atoms. The molecule has 1 aromatic heterocycles. The van der Waals surface area contributed by atoms with Gasteiger partial charge in [-0.3, -0.25) is 47.9 Å². The normalized spacial score (nSPS) is 25.9. The van der Waals surface area contributed by atoms with Crippen LogP contribution < -0.4 is 37.1 Å². The molecule has 5 aliphatic rings. The minimum absolute atomic E-state index is 0.0136. The molecule has 1 aliphatic carbocycles. The number of carbonyl (C=O) groups excluding carboxylic acids is 10. The average molecular weight is 1270 g/mol. The van der Waals surface area contributed by atoms with Gasteiger partial charge in [-0.05, 0) is 154 Å². The lowest BCUT2D eigenvalue weighted by Gasteiger charge is -2.37. The van der Waals surface area contributed by atoms with Gasteiger partial charge in [0.1, 0.15) is 47.7 Å². The molecule has 92 heavy (non-hydrogen) atoms. The van der Waals surface area contributed by atoms with Crippen LogP contribution in [0.1, 0.15) is 117 Å². The fourth-order valence-electron chi connectivity index (χ4n) is 12.8. The first-order valence-corrected chi connectivity index (χ1v) is 31.1. The summed E-state index contributed by atoms with van der Waals surface area (Å²) >= 11 is 0. The van der Waals surface area contributed by atoms with Crippen LogP contribution >= 0.6 is 0 Å². The summed E-state index contributed by atoms with van der Waals surface area (Å²) in [6, 6.07) is 13.3. The number of nitrogens with zero attached hydrogens (tertiary/aromatic N) is 2. The fourth-order valence-corrected chi connectivity index (χ4v) is 12.8. The zero-order valence-electron chi connectivity index (χ0n) is 51.8. The highest BCUT2D eigenvalue weighted by atomic mass is 19.1. The van der Waals surface area contributed by atoms with E-state index in [1.54, 1.807) is 73.8 Å². The first-order chi connectivity index (χ1) is 43.9. The summed E-state index contributed by atoms with van der Waals surface area (Å²) in [5.41, 5.74) is 8.33. The number of aromatic nitrogens is 1. The Morgan fingerprint density at radius 1 is 0.793 bits per heavy atom. The van der Waals surface area contributed by atoms with Crippen LogP contribution in [-0.4, -0.2) is 153 Å². The molecule has 2 fully saturated rings. The number of amides is 8. The fraction of sp³-hybridized carbons (Fsp3) is 0.441. The number of primary amides is 1. The van der Waals surface area contributed by atoms with Gasteiger partial charge in [-0.2, -0.15) is 0 Å². The quantitative estimate of drug-likeness (QED) is 0.0995. The number of rotatable bonds is 9. The molecule has 4 aromatic carbocycles. The van der Waals surface area contributed by atoms with E-state index >= 15 is 18.8 Å². The lowest BCUT2D eigenvalue weighted by Crippen LogP contribution is -2.62. The third-order valence-corrected chi connectivity index (χ3v) is 18.2. The molecule has 5 heterocycles. The van der Waals surface area contributed by atoms with E-state index < -0.39 is 150 Å². The number of ketones is 2. The van der Waals surface area contributed by atoms with Crippen molar-refractivity contribution in [3.63, 3.8) is 0 Å². The molecule has 9 N–H and O–H groups in total. The molecule has 24 heteroatoms. The van der Waals surface area contributed by atoms with Crippen LogP contribution in [0.4, 0.5) is 13.2 Å². The Morgan fingerprint density at radius 3 is 2.22 bits per heavy atom. The van der Waals surface area contributed by atoms with Gasteiger partial charge in [0, 0.05) is 86.1 Å². The highest BCUT2D eigenvalue weighted by Crippen LogP contribution is 2.36. The third kappa shape index (κ3) is 15.9. The van der Waals surface area contributed by atoms with Crippen LogP contribution in [0.25, 0.3) is 16.5 Å². The van der Waals surface area contributed by atoms with Crippen molar-refractivity contribution in [2.24, 2.45) is 17.6 Å². The molecule has 0 radical (unpaired) electrons. The van der Waals surface area contributed by atoms with Crippen LogP contribution in [0, 0.1) is 23.5 Å².